The van der Waals surface area contributed by atoms with E-state index >= 15 is 0 Å². The highest BCUT2D eigenvalue weighted by Crippen LogP contribution is 2.12. The number of hydrogen-bond donors (Lipinski definition) is 0. The molecule has 0 amide bonds. The van der Waals surface area contributed by atoms with Crippen LogP contribution in [0.3, 0.4) is 0 Å². The zero-order chi connectivity index (χ0) is 11.3. The van der Waals surface area contributed by atoms with E-state index in [2.05, 4.69) is 0 Å². The van der Waals surface area contributed by atoms with Crippen molar-refractivity contribution in [1.29, 1.82) is 0 Å². The Balaban J connectivity index is 2.64. The predicted octanol–water partition coefficient (Wildman–Crippen LogP) is 2.51. The number of Topliss-reactive ketones (excluding diaryl/α,β-unsaturated/α-hetero) is 1. The summed E-state index contributed by atoms with van der Waals surface area (Å²) in [6.45, 7) is 1.95. The first kappa shape index (κ1) is 11.4. The maximum Gasteiger partial charge on any atom is 0.269 e. The number of non-ortho nitro benzene ring substituents is 1. The Hall–Kier alpha value is -1.71. The molecular weight excluding hydrogens is 194 g/mol. The van der Waals surface area contributed by atoms with Gasteiger partial charge in [-0.3, -0.25) is 14.9 Å². The summed E-state index contributed by atoms with van der Waals surface area (Å²) in [5.74, 6) is 0.173. The van der Waals surface area contributed by atoms with Crippen LogP contribution in [0.15, 0.2) is 24.3 Å². The number of nitro groups is 1. The number of nitro benzene ring substituents is 1. The van der Waals surface area contributed by atoms with Crippen molar-refractivity contribution < 1.29 is 9.72 Å². The first-order valence-electron chi connectivity index (χ1n) is 4.88. The van der Waals surface area contributed by atoms with Gasteiger partial charge >= 0.3 is 0 Å². The zero-order valence-electron chi connectivity index (χ0n) is 8.60. The topological polar surface area (TPSA) is 60.2 Å². The normalized spacial score (nSPS) is 9.93. The SMILES string of the molecule is CCCC(=O)Cc1ccc([N+](=O)[O-])cc1. The predicted molar refractivity (Wildman–Crippen MR) is 56.7 cm³/mol. The van der Waals surface area contributed by atoms with Gasteiger partial charge in [0.1, 0.15) is 5.78 Å². The molecule has 1 aromatic carbocycles. The Bertz CT molecular complexity index is 357. The number of rotatable bonds is 5. The van der Waals surface area contributed by atoms with Crippen LogP contribution in [0.25, 0.3) is 0 Å². The molecule has 4 nitrogen and oxygen atoms in total. The van der Waals surface area contributed by atoms with E-state index < -0.39 is 4.92 Å². The van der Waals surface area contributed by atoms with Crippen molar-refractivity contribution in [1.82, 2.24) is 0 Å². The largest absolute Gasteiger partial charge is 0.299 e. The van der Waals surface area contributed by atoms with Crippen LogP contribution in [0.4, 0.5) is 5.69 Å². The van der Waals surface area contributed by atoms with Gasteiger partial charge in [-0.2, -0.15) is 0 Å². The van der Waals surface area contributed by atoms with Crippen LogP contribution >= 0.6 is 0 Å². The molecule has 0 saturated heterocycles. The first-order chi connectivity index (χ1) is 7.13. The third-order valence-electron chi connectivity index (χ3n) is 2.08. The monoisotopic (exact) mass is 207 g/mol. The summed E-state index contributed by atoms with van der Waals surface area (Å²) in [5, 5.41) is 10.4. The number of ketones is 1. The quantitative estimate of drug-likeness (QED) is 0.550. The van der Waals surface area contributed by atoms with Gasteiger partial charge in [0.2, 0.25) is 0 Å². The Labute approximate surface area is 88.1 Å². The van der Waals surface area contributed by atoms with Gasteiger partial charge in [0.25, 0.3) is 5.69 Å². The van der Waals surface area contributed by atoms with Crippen molar-refractivity contribution >= 4 is 11.5 Å². The summed E-state index contributed by atoms with van der Waals surface area (Å²) in [5.41, 5.74) is 0.890. The van der Waals surface area contributed by atoms with Gasteiger partial charge in [-0.15, -0.1) is 0 Å². The van der Waals surface area contributed by atoms with E-state index in [1.165, 1.54) is 12.1 Å². The standard InChI is InChI=1S/C11H13NO3/c1-2-3-11(13)8-9-4-6-10(7-5-9)12(14)15/h4-7H,2-3,8H2,1H3. The lowest BCUT2D eigenvalue weighted by Crippen LogP contribution is -2.01. The van der Waals surface area contributed by atoms with Crippen molar-refractivity contribution in [2.45, 2.75) is 26.2 Å². The molecular formula is C11H13NO3. The number of carbonyl (C=O) groups excluding carboxylic acids is 1. The molecule has 1 aromatic rings. The molecule has 15 heavy (non-hydrogen) atoms. The molecule has 0 fully saturated rings. The van der Waals surface area contributed by atoms with E-state index in [0.717, 1.165) is 12.0 Å². The van der Waals surface area contributed by atoms with E-state index in [1.807, 2.05) is 6.92 Å². The maximum absolute atomic E-state index is 11.3. The minimum atomic E-state index is -0.447. The second-order valence-corrected chi connectivity index (χ2v) is 3.39. The van der Waals surface area contributed by atoms with E-state index in [1.54, 1.807) is 12.1 Å². The van der Waals surface area contributed by atoms with E-state index in [4.69, 9.17) is 0 Å². The molecule has 0 aliphatic carbocycles. The Morgan fingerprint density at radius 2 is 1.93 bits per heavy atom. The molecule has 0 aliphatic heterocycles. The molecule has 0 radical (unpaired) electrons. The molecule has 0 unspecified atom stereocenters. The summed E-state index contributed by atoms with van der Waals surface area (Å²) < 4.78 is 0. The summed E-state index contributed by atoms with van der Waals surface area (Å²) in [6, 6.07) is 6.11. The van der Waals surface area contributed by atoms with Crippen molar-refractivity contribution in [3.05, 3.63) is 39.9 Å². The average molecular weight is 207 g/mol. The Morgan fingerprint density at radius 1 is 1.33 bits per heavy atom. The van der Waals surface area contributed by atoms with Gasteiger partial charge < -0.3 is 0 Å². The Kier molecular flexibility index (Phi) is 3.97. The molecule has 80 valence electrons. The first-order valence-corrected chi connectivity index (χ1v) is 4.88. The molecule has 1 rings (SSSR count). The third kappa shape index (κ3) is 3.50. The fourth-order valence-electron chi connectivity index (χ4n) is 1.33. The zero-order valence-corrected chi connectivity index (χ0v) is 8.60. The number of nitrogens with zero attached hydrogens (tertiary/aromatic N) is 1. The Morgan fingerprint density at radius 3 is 2.40 bits per heavy atom. The highest BCUT2D eigenvalue weighted by atomic mass is 16.6. The summed E-state index contributed by atoms with van der Waals surface area (Å²) in [6.07, 6.45) is 1.77. The maximum atomic E-state index is 11.3. The van der Waals surface area contributed by atoms with Crippen molar-refractivity contribution in [3.63, 3.8) is 0 Å². The molecule has 0 bridgehead atoms. The van der Waals surface area contributed by atoms with Crippen molar-refractivity contribution in [3.8, 4) is 0 Å². The summed E-state index contributed by atoms with van der Waals surface area (Å²) in [7, 11) is 0. The highest BCUT2D eigenvalue weighted by Gasteiger charge is 2.06. The second kappa shape index (κ2) is 5.24. The van der Waals surface area contributed by atoms with Crippen molar-refractivity contribution in [2.75, 3.05) is 0 Å². The number of hydrogen-bond acceptors (Lipinski definition) is 3. The smallest absolute Gasteiger partial charge is 0.269 e. The van der Waals surface area contributed by atoms with Crippen LogP contribution in [0.1, 0.15) is 25.3 Å². The third-order valence-corrected chi connectivity index (χ3v) is 2.08. The van der Waals surface area contributed by atoms with E-state index in [0.29, 0.717) is 12.8 Å². The molecule has 4 heteroatoms. The minimum Gasteiger partial charge on any atom is -0.299 e. The number of benzene rings is 1. The molecule has 0 saturated carbocycles. The second-order valence-electron chi connectivity index (χ2n) is 3.39. The van der Waals surface area contributed by atoms with Crippen LogP contribution in [-0.2, 0) is 11.2 Å². The van der Waals surface area contributed by atoms with Crippen molar-refractivity contribution in [2.24, 2.45) is 0 Å². The van der Waals surface area contributed by atoms with Crippen LogP contribution in [0.2, 0.25) is 0 Å². The van der Waals surface area contributed by atoms with Gasteiger partial charge in [0, 0.05) is 25.0 Å². The van der Waals surface area contributed by atoms with E-state index in [9.17, 15) is 14.9 Å². The highest BCUT2D eigenvalue weighted by molar-refractivity contribution is 5.80. The summed E-state index contributed by atoms with van der Waals surface area (Å²) >= 11 is 0. The van der Waals surface area contributed by atoms with Gasteiger partial charge in [0.15, 0.2) is 0 Å². The van der Waals surface area contributed by atoms with Gasteiger partial charge in [-0.05, 0) is 12.0 Å². The molecule has 0 atom stereocenters. The summed E-state index contributed by atoms with van der Waals surface area (Å²) in [4.78, 5) is 21.2. The van der Waals surface area contributed by atoms with E-state index in [-0.39, 0.29) is 11.5 Å². The van der Waals surface area contributed by atoms with Gasteiger partial charge in [-0.1, -0.05) is 19.1 Å². The molecule has 0 spiro atoms. The lowest BCUT2D eigenvalue weighted by atomic mass is 10.1. The minimum absolute atomic E-state index is 0.0571. The average Bonchev–Trinajstić information content (AvgIpc) is 2.18. The molecule has 0 heterocycles. The van der Waals surface area contributed by atoms with Gasteiger partial charge in [0.05, 0.1) is 4.92 Å². The lowest BCUT2D eigenvalue weighted by Gasteiger charge is -1.99. The van der Waals surface area contributed by atoms with Gasteiger partial charge in [-0.25, -0.2) is 0 Å². The molecule has 0 aliphatic rings. The lowest BCUT2D eigenvalue weighted by molar-refractivity contribution is -0.384. The fourth-order valence-corrected chi connectivity index (χ4v) is 1.33. The van der Waals surface area contributed by atoms with Crippen LogP contribution in [0, 0.1) is 10.1 Å². The van der Waals surface area contributed by atoms with Crippen LogP contribution < -0.4 is 0 Å². The van der Waals surface area contributed by atoms with Crippen LogP contribution in [-0.4, -0.2) is 10.7 Å². The fraction of sp³-hybridized carbons (Fsp3) is 0.364. The van der Waals surface area contributed by atoms with Crippen LogP contribution in [0.5, 0.6) is 0 Å². The molecule has 0 N–H and O–H groups in total. The molecule has 0 aromatic heterocycles. The number of carbonyl (C=O) groups is 1.